The second-order valence-electron chi connectivity index (χ2n) is 5.44. The molecule has 0 spiro atoms. The Hall–Kier alpha value is -3.08. The monoisotopic (exact) mass is 324 g/mol. The van der Waals surface area contributed by atoms with E-state index < -0.39 is 17.5 Å². The van der Waals surface area contributed by atoms with E-state index in [0.29, 0.717) is 5.56 Å². The Morgan fingerprint density at radius 2 is 1.71 bits per heavy atom. The summed E-state index contributed by atoms with van der Waals surface area (Å²) < 4.78 is 26.4. The Labute approximate surface area is 138 Å². The van der Waals surface area contributed by atoms with Crippen LogP contribution >= 0.6 is 0 Å². The van der Waals surface area contributed by atoms with Crippen molar-refractivity contribution in [1.29, 1.82) is 0 Å². The number of halogens is 2. The minimum Gasteiger partial charge on any atom is -0.322 e. The molecule has 3 aromatic rings. The van der Waals surface area contributed by atoms with Crippen LogP contribution in [0.4, 0.5) is 14.5 Å². The van der Waals surface area contributed by atoms with Gasteiger partial charge in [0.25, 0.3) is 5.91 Å². The molecular formula is C19H14F2N2O. The molecule has 0 aliphatic rings. The molecule has 0 unspecified atom stereocenters. The number of carbonyl (C=O) groups excluding carboxylic acids is 1. The van der Waals surface area contributed by atoms with E-state index >= 15 is 0 Å². The maximum absolute atomic E-state index is 13.2. The lowest BCUT2D eigenvalue weighted by Gasteiger charge is -2.08. The Morgan fingerprint density at radius 1 is 0.958 bits per heavy atom. The van der Waals surface area contributed by atoms with Gasteiger partial charge < -0.3 is 5.32 Å². The molecule has 0 fully saturated rings. The van der Waals surface area contributed by atoms with Crippen LogP contribution in [-0.2, 0) is 0 Å². The number of benzene rings is 2. The topological polar surface area (TPSA) is 42.0 Å². The third-order valence-corrected chi connectivity index (χ3v) is 3.47. The Morgan fingerprint density at radius 3 is 2.42 bits per heavy atom. The fraction of sp³-hybridized carbons (Fsp3) is 0.0526. The summed E-state index contributed by atoms with van der Waals surface area (Å²) in [6, 6.07) is 12.4. The smallest absolute Gasteiger partial charge is 0.257 e. The molecule has 0 bridgehead atoms. The van der Waals surface area contributed by atoms with Crippen LogP contribution in [0.25, 0.3) is 11.1 Å². The molecule has 0 atom stereocenters. The molecule has 1 heterocycles. The summed E-state index contributed by atoms with van der Waals surface area (Å²) >= 11 is 0. The van der Waals surface area contributed by atoms with Crippen LogP contribution < -0.4 is 5.32 Å². The van der Waals surface area contributed by atoms with E-state index in [-0.39, 0.29) is 5.69 Å². The quantitative estimate of drug-likeness (QED) is 0.766. The molecule has 24 heavy (non-hydrogen) atoms. The van der Waals surface area contributed by atoms with Gasteiger partial charge in [-0.15, -0.1) is 0 Å². The maximum atomic E-state index is 13.2. The van der Waals surface area contributed by atoms with Crippen LogP contribution in [0, 0.1) is 18.6 Å². The highest BCUT2D eigenvalue weighted by Gasteiger charge is 2.10. The summed E-state index contributed by atoms with van der Waals surface area (Å²) in [5, 5.41) is 2.47. The van der Waals surface area contributed by atoms with Gasteiger partial charge in [-0.25, -0.2) is 8.78 Å². The second-order valence-corrected chi connectivity index (χ2v) is 5.44. The molecule has 1 amide bonds. The minimum atomic E-state index is -0.753. The average molecular weight is 324 g/mol. The molecule has 0 saturated heterocycles. The van der Waals surface area contributed by atoms with Gasteiger partial charge in [-0.2, -0.15) is 0 Å². The predicted molar refractivity (Wildman–Crippen MR) is 88.7 cm³/mol. The first-order valence-electron chi connectivity index (χ1n) is 7.31. The number of amides is 1. The van der Waals surface area contributed by atoms with Gasteiger partial charge in [-0.3, -0.25) is 9.78 Å². The molecule has 3 rings (SSSR count). The zero-order valence-corrected chi connectivity index (χ0v) is 12.9. The molecule has 120 valence electrons. The number of anilines is 1. The van der Waals surface area contributed by atoms with Gasteiger partial charge >= 0.3 is 0 Å². The Kier molecular flexibility index (Phi) is 4.33. The minimum absolute atomic E-state index is 0.0541. The number of nitrogens with zero attached hydrogens (tertiary/aromatic N) is 1. The van der Waals surface area contributed by atoms with Crippen LogP contribution in [0.1, 0.15) is 15.9 Å². The number of pyridine rings is 1. The SMILES string of the molecule is Cc1cccc(-c2cncc(C(=O)Nc3cc(F)cc(F)c3)c2)c1. The first-order chi connectivity index (χ1) is 11.5. The lowest BCUT2D eigenvalue weighted by Crippen LogP contribution is -2.12. The van der Waals surface area contributed by atoms with Crippen molar-refractivity contribution in [3.05, 3.63) is 83.7 Å². The molecule has 5 heteroatoms. The average Bonchev–Trinajstić information content (AvgIpc) is 2.54. The summed E-state index contributed by atoms with van der Waals surface area (Å²) in [7, 11) is 0. The lowest BCUT2D eigenvalue weighted by atomic mass is 10.0. The number of aryl methyl sites for hydroxylation is 1. The van der Waals surface area contributed by atoms with Crippen molar-refractivity contribution >= 4 is 11.6 Å². The molecular weight excluding hydrogens is 310 g/mol. The van der Waals surface area contributed by atoms with Crippen molar-refractivity contribution in [1.82, 2.24) is 4.98 Å². The summed E-state index contributed by atoms with van der Waals surface area (Å²) in [5.41, 5.74) is 3.18. The van der Waals surface area contributed by atoms with Crippen molar-refractivity contribution in [3.63, 3.8) is 0 Å². The van der Waals surface area contributed by atoms with E-state index in [9.17, 15) is 13.6 Å². The molecule has 0 aliphatic carbocycles. The van der Waals surface area contributed by atoms with Crippen molar-refractivity contribution in [2.75, 3.05) is 5.32 Å². The standard InChI is InChI=1S/C19H14F2N2O/c1-12-3-2-4-13(5-12)14-6-15(11-22-10-14)19(24)23-18-8-16(20)7-17(21)9-18/h2-11H,1H3,(H,23,24). The summed E-state index contributed by atoms with van der Waals surface area (Å²) in [5.74, 6) is -1.99. The van der Waals surface area contributed by atoms with E-state index in [1.165, 1.54) is 6.20 Å². The van der Waals surface area contributed by atoms with Gasteiger partial charge in [-0.1, -0.05) is 29.8 Å². The lowest BCUT2D eigenvalue weighted by molar-refractivity contribution is 0.102. The molecule has 2 aromatic carbocycles. The number of rotatable bonds is 3. The van der Waals surface area contributed by atoms with Crippen molar-refractivity contribution < 1.29 is 13.6 Å². The Balaban J connectivity index is 1.87. The van der Waals surface area contributed by atoms with Gasteiger partial charge in [0.05, 0.1) is 5.56 Å². The number of hydrogen-bond donors (Lipinski definition) is 1. The van der Waals surface area contributed by atoms with E-state index in [0.717, 1.165) is 34.9 Å². The van der Waals surface area contributed by atoms with Crippen LogP contribution in [0.15, 0.2) is 60.9 Å². The second kappa shape index (κ2) is 6.58. The van der Waals surface area contributed by atoms with Crippen molar-refractivity contribution in [2.24, 2.45) is 0 Å². The number of carbonyl (C=O) groups is 1. The van der Waals surface area contributed by atoms with Gasteiger partial charge in [0.15, 0.2) is 0 Å². The van der Waals surface area contributed by atoms with Gasteiger partial charge in [0.2, 0.25) is 0 Å². The first kappa shape index (κ1) is 15.8. The van der Waals surface area contributed by atoms with Crippen molar-refractivity contribution in [3.8, 4) is 11.1 Å². The zero-order chi connectivity index (χ0) is 17.1. The summed E-state index contributed by atoms with van der Waals surface area (Å²) in [6.45, 7) is 1.98. The molecule has 3 nitrogen and oxygen atoms in total. The number of aromatic nitrogens is 1. The fourth-order valence-electron chi connectivity index (χ4n) is 2.38. The summed E-state index contributed by atoms with van der Waals surface area (Å²) in [6.07, 6.45) is 3.07. The van der Waals surface area contributed by atoms with Gasteiger partial charge in [0.1, 0.15) is 11.6 Å². The molecule has 1 aromatic heterocycles. The molecule has 0 aliphatic heterocycles. The summed E-state index contributed by atoms with van der Waals surface area (Å²) in [4.78, 5) is 16.4. The highest BCUT2D eigenvalue weighted by atomic mass is 19.1. The number of hydrogen-bond acceptors (Lipinski definition) is 2. The van der Waals surface area contributed by atoms with E-state index in [4.69, 9.17) is 0 Å². The maximum Gasteiger partial charge on any atom is 0.257 e. The van der Waals surface area contributed by atoms with E-state index in [2.05, 4.69) is 10.3 Å². The van der Waals surface area contributed by atoms with E-state index in [1.54, 1.807) is 12.3 Å². The van der Waals surface area contributed by atoms with E-state index in [1.807, 2.05) is 31.2 Å². The first-order valence-corrected chi connectivity index (χ1v) is 7.31. The predicted octanol–water partition coefficient (Wildman–Crippen LogP) is 4.59. The third-order valence-electron chi connectivity index (χ3n) is 3.47. The van der Waals surface area contributed by atoms with Crippen LogP contribution in [0.5, 0.6) is 0 Å². The normalized spacial score (nSPS) is 10.5. The molecule has 1 N–H and O–H groups in total. The van der Waals surface area contributed by atoms with Gasteiger partial charge in [-0.05, 0) is 30.7 Å². The highest BCUT2D eigenvalue weighted by Crippen LogP contribution is 2.21. The van der Waals surface area contributed by atoms with Crippen LogP contribution in [-0.4, -0.2) is 10.9 Å². The third kappa shape index (κ3) is 3.63. The molecule has 0 radical (unpaired) electrons. The molecule has 0 saturated carbocycles. The van der Waals surface area contributed by atoms with Crippen molar-refractivity contribution in [2.45, 2.75) is 6.92 Å². The van der Waals surface area contributed by atoms with Crippen LogP contribution in [0.3, 0.4) is 0 Å². The Bertz CT molecular complexity index is 889. The highest BCUT2D eigenvalue weighted by molar-refractivity contribution is 6.04. The number of nitrogens with one attached hydrogen (secondary N) is 1. The van der Waals surface area contributed by atoms with Crippen LogP contribution in [0.2, 0.25) is 0 Å². The zero-order valence-electron chi connectivity index (χ0n) is 12.9. The largest absolute Gasteiger partial charge is 0.322 e. The fourth-order valence-corrected chi connectivity index (χ4v) is 2.38. The van der Waals surface area contributed by atoms with Gasteiger partial charge in [0, 0.05) is 29.7 Å².